The molecule has 1 aliphatic heterocycles. The lowest BCUT2D eigenvalue weighted by atomic mass is 10.2. The van der Waals surface area contributed by atoms with Gasteiger partial charge in [0.2, 0.25) is 10.0 Å². The van der Waals surface area contributed by atoms with E-state index in [1.54, 1.807) is 0 Å². The fourth-order valence-electron chi connectivity index (χ4n) is 3.00. The van der Waals surface area contributed by atoms with E-state index < -0.39 is 39.7 Å². The summed E-state index contributed by atoms with van der Waals surface area (Å²) < 4.78 is 75.2. The Morgan fingerprint density at radius 1 is 1.09 bits per heavy atom. The van der Waals surface area contributed by atoms with E-state index in [0.717, 1.165) is 18.2 Å². The summed E-state index contributed by atoms with van der Waals surface area (Å²) in [7, 11) is -3.73. The summed E-state index contributed by atoms with van der Waals surface area (Å²) in [6.07, 6.45) is -5.89. The molecule has 0 bridgehead atoms. The van der Waals surface area contributed by atoms with Gasteiger partial charge in [0.1, 0.15) is 0 Å². The van der Waals surface area contributed by atoms with Crippen LogP contribution in [0.25, 0.3) is 0 Å². The van der Waals surface area contributed by atoms with Crippen molar-refractivity contribution in [1.29, 1.82) is 0 Å². The molecular formula is C21H21F3N2O6S. The highest BCUT2D eigenvalue weighted by atomic mass is 32.2. The third kappa shape index (κ3) is 6.09. The van der Waals surface area contributed by atoms with Gasteiger partial charge in [-0.05, 0) is 49.4 Å². The Bertz CT molecular complexity index is 1110. The van der Waals surface area contributed by atoms with Crippen LogP contribution in [0.1, 0.15) is 22.8 Å². The highest BCUT2D eigenvalue weighted by Gasteiger charge is 2.31. The maximum Gasteiger partial charge on any atom is 0.416 e. The van der Waals surface area contributed by atoms with Crippen LogP contribution in [0, 0.1) is 0 Å². The number of ether oxygens (including phenoxy) is 2. The van der Waals surface area contributed by atoms with Crippen molar-refractivity contribution in [3.8, 4) is 0 Å². The third-order valence-electron chi connectivity index (χ3n) is 4.81. The molecule has 12 heteroatoms. The third-order valence-corrected chi connectivity index (χ3v) is 6.72. The van der Waals surface area contributed by atoms with E-state index in [-0.39, 0.29) is 29.2 Å². The summed E-state index contributed by atoms with van der Waals surface area (Å²) in [4.78, 5) is 24.6. The van der Waals surface area contributed by atoms with Gasteiger partial charge >= 0.3 is 12.1 Å². The highest BCUT2D eigenvalue weighted by Crippen LogP contribution is 2.30. The van der Waals surface area contributed by atoms with Crippen LogP contribution < -0.4 is 5.32 Å². The van der Waals surface area contributed by atoms with Crippen LogP contribution in [0.3, 0.4) is 0 Å². The Balaban J connectivity index is 1.62. The SMILES string of the molecule is C[C@@H](OC(=O)c1ccc(S(=O)(=O)N2CCOCC2)cc1)C(=O)Nc1cccc(C(F)(F)F)c1. The molecule has 1 fully saturated rings. The molecule has 0 aromatic heterocycles. The van der Waals surface area contributed by atoms with Crippen LogP contribution in [-0.2, 0) is 30.5 Å². The van der Waals surface area contributed by atoms with Gasteiger partial charge in [-0.25, -0.2) is 13.2 Å². The lowest BCUT2D eigenvalue weighted by Gasteiger charge is -2.26. The van der Waals surface area contributed by atoms with Crippen LogP contribution in [0.2, 0.25) is 0 Å². The first-order valence-corrected chi connectivity index (χ1v) is 11.3. The molecule has 0 spiro atoms. The molecule has 1 aliphatic rings. The Labute approximate surface area is 188 Å². The summed E-state index contributed by atoms with van der Waals surface area (Å²) >= 11 is 0. The number of carbonyl (C=O) groups excluding carboxylic acids is 2. The number of hydrogen-bond acceptors (Lipinski definition) is 6. The van der Waals surface area contributed by atoms with E-state index >= 15 is 0 Å². The average molecular weight is 486 g/mol. The van der Waals surface area contributed by atoms with Crippen molar-refractivity contribution in [1.82, 2.24) is 4.31 Å². The molecular weight excluding hydrogens is 465 g/mol. The van der Waals surface area contributed by atoms with Gasteiger partial charge in [-0.1, -0.05) is 6.07 Å². The zero-order chi connectivity index (χ0) is 24.2. The van der Waals surface area contributed by atoms with E-state index in [4.69, 9.17) is 9.47 Å². The fraction of sp³-hybridized carbons (Fsp3) is 0.333. The number of esters is 1. The molecule has 1 atom stereocenters. The number of alkyl halides is 3. The van der Waals surface area contributed by atoms with Crippen molar-refractivity contribution < 1.29 is 40.7 Å². The first-order valence-electron chi connectivity index (χ1n) is 9.85. The van der Waals surface area contributed by atoms with E-state index in [0.29, 0.717) is 13.2 Å². The van der Waals surface area contributed by atoms with Gasteiger partial charge in [0.25, 0.3) is 5.91 Å². The molecule has 33 heavy (non-hydrogen) atoms. The molecule has 8 nitrogen and oxygen atoms in total. The molecule has 2 aromatic carbocycles. The van der Waals surface area contributed by atoms with E-state index in [9.17, 15) is 31.2 Å². The molecule has 0 aliphatic carbocycles. The van der Waals surface area contributed by atoms with Gasteiger partial charge in [-0.3, -0.25) is 4.79 Å². The maximum absolute atomic E-state index is 12.8. The van der Waals surface area contributed by atoms with Crippen LogP contribution in [-0.4, -0.2) is 57.0 Å². The van der Waals surface area contributed by atoms with Crippen molar-refractivity contribution in [3.63, 3.8) is 0 Å². The summed E-state index contributed by atoms with van der Waals surface area (Å²) in [5.41, 5.74) is -1.03. The monoisotopic (exact) mass is 486 g/mol. The minimum Gasteiger partial charge on any atom is -0.449 e. The highest BCUT2D eigenvalue weighted by molar-refractivity contribution is 7.89. The number of halogens is 3. The predicted octanol–water partition coefficient (Wildman–Crippen LogP) is 2.91. The number of sulfonamides is 1. The quantitative estimate of drug-likeness (QED) is 0.630. The number of morpholine rings is 1. The van der Waals surface area contributed by atoms with Crippen molar-refractivity contribution >= 4 is 27.6 Å². The Morgan fingerprint density at radius 2 is 1.73 bits per heavy atom. The number of benzene rings is 2. The number of rotatable bonds is 6. The number of nitrogens with one attached hydrogen (secondary N) is 1. The summed E-state index contributed by atoms with van der Waals surface area (Å²) in [5, 5.41) is 2.27. The van der Waals surface area contributed by atoms with Gasteiger partial charge in [0.05, 0.1) is 29.2 Å². The number of anilines is 1. The van der Waals surface area contributed by atoms with Crippen LogP contribution >= 0.6 is 0 Å². The van der Waals surface area contributed by atoms with E-state index in [1.807, 2.05) is 0 Å². The molecule has 0 saturated carbocycles. The van der Waals surface area contributed by atoms with Gasteiger partial charge in [-0.15, -0.1) is 0 Å². The van der Waals surface area contributed by atoms with Crippen molar-refractivity contribution in [2.24, 2.45) is 0 Å². The number of amides is 1. The molecule has 1 N–H and O–H groups in total. The van der Waals surface area contributed by atoms with Gasteiger partial charge in [0, 0.05) is 18.8 Å². The topological polar surface area (TPSA) is 102 Å². The van der Waals surface area contributed by atoms with E-state index in [2.05, 4.69) is 5.32 Å². The summed E-state index contributed by atoms with van der Waals surface area (Å²) in [6.45, 7) is 2.31. The minimum atomic E-state index is -4.57. The molecule has 1 heterocycles. The van der Waals surface area contributed by atoms with Gasteiger partial charge in [0.15, 0.2) is 6.10 Å². The Hall–Kier alpha value is -2.96. The Morgan fingerprint density at radius 3 is 2.33 bits per heavy atom. The Kier molecular flexibility index (Phi) is 7.40. The zero-order valence-electron chi connectivity index (χ0n) is 17.5. The van der Waals surface area contributed by atoms with Crippen LogP contribution in [0.4, 0.5) is 18.9 Å². The largest absolute Gasteiger partial charge is 0.449 e. The second-order valence-corrected chi connectivity index (χ2v) is 9.09. The second-order valence-electron chi connectivity index (χ2n) is 7.16. The maximum atomic E-state index is 12.8. The van der Waals surface area contributed by atoms with Crippen molar-refractivity contribution in [2.75, 3.05) is 31.6 Å². The lowest BCUT2D eigenvalue weighted by molar-refractivity contribution is -0.137. The number of carbonyl (C=O) groups is 2. The smallest absolute Gasteiger partial charge is 0.416 e. The predicted molar refractivity (Wildman–Crippen MR) is 111 cm³/mol. The van der Waals surface area contributed by atoms with Crippen LogP contribution in [0.5, 0.6) is 0 Å². The fourth-order valence-corrected chi connectivity index (χ4v) is 4.41. The summed E-state index contributed by atoms with van der Waals surface area (Å²) in [6, 6.07) is 9.07. The van der Waals surface area contributed by atoms with Crippen molar-refractivity contribution in [3.05, 3.63) is 59.7 Å². The molecule has 2 aromatic rings. The number of hydrogen-bond donors (Lipinski definition) is 1. The normalized spacial score (nSPS) is 16.1. The second kappa shape index (κ2) is 9.89. The molecule has 1 amide bonds. The van der Waals surface area contributed by atoms with Crippen LogP contribution in [0.15, 0.2) is 53.4 Å². The van der Waals surface area contributed by atoms with Crippen molar-refractivity contribution in [2.45, 2.75) is 24.1 Å². The first kappa shape index (κ1) is 24.7. The standard InChI is InChI=1S/C21H21F3N2O6S/c1-14(19(27)25-17-4-2-3-16(13-17)21(22,23)24)32-20(28)15-5-7-18(8-6-15)33(29,30)26-9-11-31-12-10-26/h2-8,13-14H,9-12H2,1H3,(H,25,27)/t14-/m1/s1. The number of nitrogens with zero attached hydrogens (tertiary/aromatic N) is 1. The molecule has 1 saturated heterocycles. The zero-order valence-corrected chi connectivity index (χ0v) is 18.3. The lowest BCUT2D eigenvalue weighted by Crippen LogP contribution is -2.40. The molecule has 3 rings (SSSR count). The average Bonchev–Trinajstić information content (AvgIpc) is 2.79. The summed E-state index contributed by atoms with van der Waals surface area (Å²) in [5.74, 6) is -1.72. The minimum absolute atomic E-state index is 0.00344. The van der Waals surface area contributed by atoms with E-state index in [1.165, 1.54) is 41.6 Å². The molecule has 0 unspecified atom stereocenters. The van der Waals surface area contributed by atoms with Gasteiger partial charge in [-0.2, -0.15) is 17.5 Å². The first-order chi connectivity index (χ1) is 15.5. The molecule has 178 valence electrons. The van der Waals surface area contributed by atoms with Gasteiger partial charge < -0.3 is 14.8 Å². The molecule has 0 radical (unpaired) electrons.